The minimum Gasteiger partial charge on any atom is -0.494 e. The van der Waals surface area contributed by atoms with Crippen molar-refractivity contribution in [1.29, 1.82) is 0 Å². The van der Waals surface area contributed by atoms with Crippen LogP contribution in [0.3, 0.4) is 0 Å². The molecule has 6 rings (SSSR count). The van der Waals surface area contributed by atoms with E-state index in [0.717, 1.165) is 54.6 Å². The fourth-order valence-electron chi connectivity index (χ4n) is 11.4. The molecule has 2 aromatic carbocycles. The molecule has 0 saturated carbocycles. The number of rotatable bonds is 35. The smallest absolute Gasteiger partial charge is 0.317 e. The van der Waals surface area contributed by atoms with Crippen LogP contribution in [-0.4, -0.2) is 293 Å². The number of pyridine rings is 1. The van der Waals surface area contributed by atoms with Crippen molar-refractivity contribution in [2.45, 2.75) is 88.8 Å². The first-order chi connectivity index (χ1) is 45.0. The molecule has 3 atom stereocenters. The number of aliphatic hydroxyl groups is 1. The molecule has 4 heterocycles. The minimum atomic E-state index is -3.05. The average Bonchev–Trinajstić information content (AvgIpc) is 1.01. The standard InChI is InChI=1S/C64H92F2N12O14S2/c1-45-9-11-46(12-10-45)7-5-8-55(80)69-19-32-93-42-53(72-56(81)38-73-23-25-74(39-58(83)84)27-29-76(41-60(87)88)30-28-75(26-24-73)40-59(85)86)62(90)70-20-33-94-43-54(79)63(91)77-21-16-47(17-22-77)6-3-4-31-92-49-13-14-52-51(34-49)50(15-18-68-52)61(89)71-37-57(82)78-44-64(65,66)35-48(78)36-67-2/h9-15,18,34,36,47-48,53-54,79H,3-8,16-17,19-33,35,37-44H2,1-2H3,(H,69,80)(H,70,90)(H,71,89)(H,72,81)(H,83,84)(H,85,86)(H,87,88)/t48-,53+,54-/m1/s1. The van der Waals surface area contributed by atoms with Crippen LogP contribution in [0.4, 0.5) is 8.78 Å². The number of aromatic nitrogens is 1. The number of aliphatic carboxylic acids is 3. The molecule has 0 aliphatic carbocycles. The topological polar surface area (TPSA) is 337 Å². The molecule has 3 aromatic rings. The van der Waals surface area contributed by atoms with Gasteiger partial charge < -0.3 is 56.2 Å². The molecule has 30 heteroatoms. The second kappa shape index (κ2) is 39.7. The number of aliphatic hydroxyl groups excluding tert-OH is 1. The monoisotopic (exact) mass is 1350 g/mol. The Kier molecular flexibility index (Phi) is 32.1. The zero-order chi connectivity index (χ0) is 68.0. The molecular weight excluding hydrogens is 1260 g/mol. The lowest BCUT2D eigenvalue weighted by atomic mass is 9.91. The fourth-order valence-corrected chi connectivity index (χ4v) is 13.0. The largest absolute Gasteiger partial charge is 0.494 e. The van der Waals surface area contributed by atoms with Crippen molar-refractivity contribution in [2.75, 3.05) is 154 Å². The average molecular weight is 1360 g/mol. The first kappa shape index (κ1) is 75.9. The summed E-state index contributed by atoms with van der Waals surface area (Å²) in [6, 6.07) is 13.0. The number of halogens is 2. The number of ether oxygens (including phenoxy) is 1. The van der Waals surface area contributed by atoms with E-state index in [4.69, 9.17) is 4.74 Å². The molecule has 0 unspecified atom stereocenters. The Balaban J connectivity index is 0.922. The van der Waals surface area contributed by atoms with Gasteiger partial charge in [-0.2, -0.15) is 23.5 Å². The number of benzene rings is 2. The predicted molar refractivity (Wildman–Crippen MR) is 354 cm³/mol. The zero-order valence-corrected chi connectivity index (χ0v) is 55.4. The summed E-state index contributed by atoms with van der Waals surface area (Å²) in [6.07, 6.45) is 6.85. The molecule has 0 spiro atoms. The maximum Gasteiger partial charge on any atom is 0.317 e. The van der Waals surface area contributed by atoms with Gasteiger partial charge in [0.15, 0.2) is 0 Å². The Labute approximate surface area is 555 Å². The minimum absolute atomic E-state index is 0.0936. The lowest BCUT2D eigenvalue weighted by Crippen LogP contribution is -2.53. The van der Waals surface area contributed by atoms with Crippen molar-refractivity contribution in [3.8, 4) is 5.75 Å². The third-order valence-electron chi connectivity index (χ3n) is 16.5. The molecule has 94 heavy (non-hydrogen) atoms. The molecule has 26 nitrogen and oxygen atoms in total. The maximum absolute atomic E-state index is 14.1. The number of alkyl halides is 2. The van der Waals surface area contributed by atoms with Crippen LogP contribution < -0.4 is 26.0 Å². The number of hydrogen-bond acceptors (Lipinski definition) is 19. The van der Waals surface area contributed by atoms with Gasteiger partial charge in [-0.1, -0.05) is 36.2 Å². The summed E-state index contributed by atoms with van der Waals surface area (Å²) in [4.78, 5) is 133. The quantitative estimate of drug-likeness (QED) is 0.0309. The van der Waals surface area contributed by atoms with Gasteiger partial charge in [-0.25, -0.2) is 8.78 Å². The van der Waals surface area contributed by atoms with Gasteiger partial charge >= 0.3 is 17.9 Å². The van der Waals surface area contributed by atoms with Crippen molar-refractivity contribution < 1.29 is 77.1 Å². The first-order valence-electron chi connectivity index (χ1n) is 32.0. The molecule has 3 aliphatic rings. The highest BCUT2D eigenvalue weighted by Gasteiger charge is 2.46. The number of amides is 6. The summed E-state index contributed by atoms with van der Waals surface area (Å²) in [5.74, 6) is -7.02. The number of aryl methyl sites for hydroxylation is 2. The number of hydrogen-bond donors (Lipinski definition) is 8. The van der Waals surface area contributed by atoms with Crippen LogP contribution in [0.25, 0.3) is 10.9 Å². The predicted octanol–water partition coefficient (Wildman–Crippen LogP) is 2.04. The van der Waals surface area contributed by atoms with Gasteiger partial charge in [0.1, 0.15) is 17.9 Å². The number of nitrogens with zero attached hydrogens (tertiary/aromatic N) is 8. The van der Waals surface area contributed by atoms with Crippen LogP contribution in [0.2, 0.25) is 0 Å². The second-order valence-electron chi connectivity index (χ2n) is 23.9. The van der Waals surface area contributed by atoms with Gasteiger partial charge in [-0.3, -0.25) is 72.7 Å². The number of nitrogens with one attached hydrogen (secondary N) is 4. The number of carboxylic acid groups (broad SMARTS) is 3. The summed E-state index contributed by atoms with van der Waals surface area (Å²) >= 11 is 2.65. The number of likely N-dealkylation sites (tertiary alicyclic amines) is 2. The van der Waals surface area contributed by atoms with Crippen LogP contribution in [-0.2, 0) is 44.8 Å². The summed E-state index contributed by atoms with van der Waals surface area (Å²) < 4.78 is 34.3. The molecule has 518 valence electrons. The third-order valence-corrected chi connectivity index (χ3v) is 18.6. The van der Waals surface area contributed by atoms with Crippen LogP contribution in [0, 0.1) is 12.8 Å². The number of aliphatic imine (C=N–C) groups is 1. The Morgan fingerprint density at radius 3 is 1.94 bits per heavy atom. The number of fused-ring (bicyclic) bond motifs is 1. The van der Waals surface area contributed by atoms with Crippen molar-refractivity contribution in [1.82, 2.24) is 55.7 Å². The maximum atomic E-state index is 14.1. The molecular formula is C64H92F2N12O14S2. The number of carboxylic acids is 3. The van der Waals surface area contributed by atoms with Crippen LogP contribution in [0.15, 0.2) is 59.7 Å². The van der Waals surface area contributed by atoms with E-state index in [-0.39, 0.29) is 114 Å². The Morgan fingerprint density at radius 1 is 0.734 bits per heavy atom. The van der Waals surface area contributed by atoms with Gasteiger partial charge in [-0.15, -0.1) is 0 Å². The fraction of sp³-hybridized carbons (Fsp3) is 0.609. The van der Waals surface area contributed by atoms with Crippen molar-refractivity contribution in [3.63, 3.8) is 0 Å². The third kappa shape index (κ3) is 27.3. The number of thioether (sulfide) groups is 2. The zero-order valence-electron chi connectivity index (χ0n) is 53.7. The number of piperidine rings is 1. The van der Waals surface area contributed by atoms with Crippen molar-refractivity contribution in [3.05, 3.63) is 71.4 Å². The van der Waals surface area contributed by atoms with Crippen molar-refractivity contribution >= 4 is 94.0 Å². The first-order valence-corrected chi connectivity index (χ1v) is 34.3. The SMILES string of the molecule is CN=C[C@H]1CC(F)(F)CN1C(=O)CNC(=O)c1ccnc2ccc(OCCCCC3CCN(C(=O)[C@H](O)CSCCNC(=O)[C@H](CSCCNC(=O)CCCc4ccc(C)cc4)NC(=O)CN4CCN(CC(=O)O)CCN(CC(=O)O)CCN(CC(=O)O)CC4)CC3)cc12. The van der Waals surface area contributed by atoms with Gasteiger partial charge in [0.2, 0.25) is 23.6 Å². The van der Waals surface area contributed by atoms with E-state index in [9.17, 15) is 72.4 Å². The van der Waals surface area contributed by atoms with Gasteiger partial charge in [0.25, 0.3) is 17.7 Å². The summed E-state index contributed by atoms with van der Waals surface area (Å²) in [5.41, 5.74) is 3.09. The van der Waals surface area contributed by atoms with E-state index in [1.807, 2.05) is 31.2 Å². The highest BCUT2D eigenvalue weighted by atomic mass is 32.2. The number of carbonyl (C=O) groups excluding carboxylic acids is 6. The van der Waals surface area contributed by atoms with E-state index in [2.05, 4.69) is 31.2 Å². The Bertz CT molecular complexity index is 2990. The highest BCUT2D eigenvalue weighted by molar-refractivity contribution is 7.99. The molecule has 3 saturated heterocycles. The molecule has 0 bridgehead atoms. The van der Waals surface area contributed by atoms with E-state index in [0.29, 0.717) is 73.2 Å². The lowest BCUT2D eigenvalue weighted by molar-refractivity contribution is -0.140. The van der Waals surface area contributed by atoms with Gasteiger partial charge in [-0.05, 0) is 81.2 Å². The molecule has 3 aliphatic heterocycles. The van der Waals surface area contributed by atoms with E-state index < -0.39 is 85.2 Å². The van der Waals surface area contributed by atoms with Gasteiger partial charge in [0, 0.05) is 139 Å². The van der Waals surface area contributed by atoms with Crippen LogP contribution in [0.1, 0.15) is 72.9 Å². The normalized spacial score (nSPS) is 18.0. The summed E-state index contributed by atoms with van der Waals surface area (Å²) in [7, 11) is 1.44. The van der Waals surface area contributed by atoms with Crippen LogP contribution >= 0.6 is 23.5 Å². The van der Waals surface area contributed by atoms with Crippen molar-refractivity contribution in [2.24, 2.45) is 10.9 Å². The summed E-state index contributed by atoms with van der Waals surface area (Å²) in [6.45, 7) is 3.13. The van der Waals surface area contributed by atoms with E-state index in [1.54, 1.807) is 42.7 Å². The van der Waals surface area contributed by atoms with Gasteiger partial charge in [0.05, 0.1) is 63.0 Å². The molecule has 3 fully saturated rings. The van der Waals surface area contributed by atoms with E-state index in [1.165, 1.54) is 49.0 Å². The number of unbranched alkanes of at least 4 members (excludes halogenated alkanes) is 1. The second-order valence-corrected chi connectivity index (χ2v) is 26.2. The molecule has 1 aromatic heterocycles. The molecule has 8 N–H and O–H groups in total. The molecule has 6 amide bonds. The summed E-state index contributed by atoms with van der Waals surface area (Å²) in [5, 5.41) is 51.5. The highest BCUT2D eigenvalue weighted by Crippen LogP contribution is 2.32. The van der Waals surface area contributed by atoms with Crippen LogP contribution in [0.5, 0.6) is 5.75 Å². The van der Waals surface area contributed by atoms with E-state index >= 15 is 0 Å². The Morgan fingerprint density at radius 2 is 1.33 bits per heavy atom. The lowest BCUT2D eigenvalue weighted by Gasteiger charge is -2.33. The number of carbonyl (C=O) groups is 9. The molecule has 0 radical (unpaired) electrons. The Hall–Kier alpha value is -7.09.